The van der Waals surface area contributed by atoms with Gasteiger partial charge < -0.3 is 9.30 Å². The lowest BCUT2D eigenvalue weighted by Gasteiger charge is -2.35. The fourth-order valence-electron chi connectivity index (χ4n) is 3.02. The maximum Gasteiger partial charge on any atom is 0.174 e. The number of hydrogen-bond donors (Lipinski definition) is 1. The van der Waals surface area contributed by atoms with E-state index < -0.39 is 0 Å². The van der Waals surface area contributed by atoms with Crippen LogP contribution in [0.15, 0.2) is 12.4 Å². The number of ether oxygens (including phenoxy) is 1. The van der Waals surface area contributed by atoms with Gasteiger partial charge in [0.2, 0.25) is 0 Å². The Kier molecular flexibility index (Phi) is 4.01. The average molecular weight is 290 g/mol. The van der Waals surface area contributed by atoms with Crippen LogP contribution in [0.5, 0.6) is 0 Å². The molecule has 114 valence electrons. The monoisotopic (exact) mass is 290 g/mol. The maximum atomic E-state index is 5.80. The van der Waals surface area contributed by atoms with Crippen LogP contribution in [0.1, 0.15) is 50.7 Å². The molecule has 3 heterocycles. The van der Waals surface area contributed by atoms with Crippen molar-refractivity contribution in [3.05, 3.63) is 24.0 Å². The first-order valence-corrected chi connectivity index (χ1v) is 7.51. The number of rotatable bonds is 5. The molecule has 1 aliphatic rings. The summed E-state index contributed by atoms with van der Waals surface area (Å²) >= 11 is 0. The van der Waals surface area contributed by atoms with E-state index in [2.05, 4.69) is 50.2 Å². The minimum atomic E-state index is -0.0513. The molecule has 1 fully saturated rings. The summed E-state index contributed by atoms with van der Waals surface area (Å²) < 4.78 is 8.06. The Labute approximate surface area is 124 Å². The molecule has 0 radical (unpaired) electrons. The highest BCUT2D eigenvalue weighted by Crippen LogP contribution is 2.34. The van der Waals surface area contributed by atoms with Crippen molar-refractivity contribution in [3.8, 4) is 0 Å². The lowest BCUT2D eigenvalue weighted by molar-refractivity contribution is -0.0606. The number of aromatic amines is 1. The van der Waals surface area contributed by atoms with Gasteiger partial charge in [0.25, 0.3) is 0 Å². The van der Waals surface area contributed by atoms with Gasteiger partial charge >= 0.3 is 0 Å². The molecular formula is C14H22N6O. The lowest BCUT2D eigenvalue weighted by atomic mass is 9.88. The van der Waals surface area contributed by atoms with Gasteiger partial charge in [-0.2, -0.15) is 5.21 Å². The van der Waals surface area contributed by atoms with E-state index in [0.29, 0.717) is 5.92 Å². The summed E-state index contributed by atoms with van der Waals surface area (Å²) in [6, 6.07) is 0. The van der Waals surface area contributed by atoms with E-state index in [9.17, 15) is 0 Å². The first-order valence-electron chi connectivity index (χ1n) is 7.51. The number of hydrogen-bond acceptors (Lipinski definition) is 5. The van der Waals surface area contributed by atoms with Crippen LogP contribution < -0.4 is 0 Å². The Balaban J connectivity index is 1.61. The van der Waals surface area contributed by atoms with Crippen LogP contribution in [0.25, 0.3) is 0 Å². The Morgan fingerprint density at radius 1 is 1.48 bits per heavy atom. The minimum absolute atomic E-state index is 0.0513. The van der Waals surface area contributed by atoms with Crippen molar-refractivity contribution < 1.29 is 4.74 Å². The van der Waals surface area contributed by atoms with Crippen LogP contribution in [0.2, 0.25) is 0 Å². The van der Waals surface area contributed by atoms with Gasteiger partial charge in [0.05, 0.1) is 5.60 Å². The molecule has 7 heteroatoms. The van der Waals surface area contributed by atoms with Crippen molar-refractivity contribution in [3.63, 3.8) is 0 Å². The van der Waals surface area contributed by atoms with Crippen LogP contribution in [-0.4, -0.2) is 42.4 Å². The zero-order chi connectivity index (χ0) is 14.7. The van der Waals surface area contributed by atoms with Crippen molar-refractivity contribution in [2.24, 2.45) is 0 Å². The van der Waals surface area contributed by atoms with Gasteiger partial charge in [-0.25, -0.2) is 4.98 Å². The van der Waals surface area contributed by atoms with Crippen LogP contribution in [-0.2, 0) is 17.7 Å². The second-order valence-electron chi connectivity index (χ2n) is 6.21. The molecule has 1 saturated heterocycles. The molecule has 0 aliphatic carbocycles. The number of nitrogens with one attached hydrogen (secondary N) is 1. The Bertz CT molecular complexity index is 562. The van der Waals surface area contributed by atoms with Crippen molar-refractivity contribution in [1.82, 2.24) is 30.2 Å². The molecular weight excluding hydrogens is 268 g/mol. The predicted molar refractivity (Wildman–Crippen MR) is 76.7 cm³/mol. The fraction of sp³-hybridized carbons (Fsp3) is 0.714. The number of aromatic nitrogens is 6. The Morgan fingerprint density at radius 2 is 2.38 bits per heavy atom. The summed E-state index contributed by atoms with van der Waals surface area (Å²) in [5.74, 6) is 2.43. The van der Waals surface area contributed by atoms with E-state index in [0.717, 1.165) is 44.7 Å². The third-order valence-electron chi connectivity index (χ3n) is 4.00. The molecule has 1 aliphatic heterocycles. The summed E-state index contributed by atoms with van der Waals surface area (Å²) in [5, 5.41) is 14.0. The first-order chi connectivity index (χ1) is 10.1. The first kappa shape index (κ1) is 14.2. The summed E-state index contributed by atoms with van der Waals surface area (Å²) in [6.07, 6.45) is 7.84. The van der Waals surface area contributed by atoms with E-state index in [-0.39, 0.29) is 5.60 Å². The second kappa shape index (κ2) is 5.93. The predicted octanol–water partition coefficient (Wildman–Crippen LogP) is 1.70. The summed E-state index contributed by atoms with van der Waals surface area (Å²) in [7, 11) is 0. The van der Waals surface area contributed by atoms with Gasteiger partial charge in [0.15, 0.2) is 5.82 Å². The number of H-pyrrole nitrogens is 1. The molecule has 7 nitrogen and oxygen atoms in total. The molecule has 2 aromatic rings. The lowest BCUT2D eigenvalue weighted by Crippen LogP contribution is -2.34. The molecule has 2 aromatic heterocycles. The van der Waals surface area contributed by atoms with Crippen molar-refractivity contribution >= 4 is 0 Å². The minimum Gasteiger partial charge on any atom is -0.376 e. The highest BCUT2D eigenvalue weighted by atomic mass is 16.5. The molecule has 0 spiro atoms. The van der Waals surface area contributed by atoms with Gasteiger partial charge in [-0.1, -0.05) is 5.21 Å². The molecule has 0 unspecified atom stereocenters. The number of aryl methyl sites for hydroxylation is 2. The van der Waals surface area contributed by atoms with E-state index in [1.165, 1.54) is 5.82 Å². The third-order valence-corrected chi connectivity index (χ3v) is 4.00. The van der Waals surface area contributed by atoms with Crippen LogP contribution in [0.3, 0.4) is 0 Å². The van der Waals surface area contributed by atoms with Crippen LogP contribution >= 0.6 is 0 Å². The second-order valence-corrected chi connectivity index (χ2v) is 6.21. The van der Waals surface area contributed by atoms with Crippen molar-refractivity contribution in [1.29, 1.82) is 0 Å². The molecule has 0 bridgehead atoms. The largest absolute Gasteiger partial charge is 0.376 e. The number of nitrogens with zero attached hydrogens (tertiary/aromatic N) is 5. The smallest absolute Gasteiger partial charge is 0.174 e. The van der Waals surface area contributed by atoms with Crippen molar-refractivity contribution in [2.75, 3.05) is 6.61 Å². The summed E-state index contributed by atoms with van der Waals surface area (Å²) in [6.45, 7) is 6.06. The molecule has 21 heavy (non-hydrogen) atoms. The molecule has 0 amide bonds. The fourth-order valence-corrected chi connectivity index (χ4v) is 3.02. The van der Waals surface area contributed by atoms with E-state index in [1.807, 2.05) is 6.20 Å². The molecule has 1 atom stereocenters. The van der Waals surface area contributed by atoms with Crippen molar-refractivity contribution in [2.45, 2.75) is 57.6 Å². The quantitative estimate of drug-likeness (QED) is 0.906. The normalized spacial score (nSPS) is 21.5. The zero-order valence-corrected chi connectivity index (χ0v) is 12.6. The van der Waals surface area contributed by atoms with Gasteiger partial charge in [-0.3, -0.25) is 0 Å². The molecule has 1 N–H and O–H groups in total. The Hall–Kier alpha value is -1.76. The zero-order valence-electron chi connectivity index (χ0n) is 12.6. The number of tetrazole rings is 1. The maximum absolute atomic E-state index is 5.80. The van der Waals surface area contributed by atoms with Gasteiger partial charge in [-0.05, 0) is 33.1 Å². The van der Waals surface area contributed by atoms with E-state index >= 15 is 0 Å². The number of imidazole rings is 1. The Morgan fingerprint density at radius 3 is 3.14 bits per heavy atom. The topological polar surface area (TPSA) is 81.5 Å². The average Bonchev–Trinajstić information content (AvgIpc) is 3.08. The van der Waals surface area contributed by atoms with Crippen LogP contribution in [0, 0.1) is 0 Å². The van der Waals surface area contributed by atoms with Gasteiger partial charge in [0, 0.05) is 37.9 Å². The highest BCUT2D eigenvalue weighted by Gasteiger charge is 2.31. The standard InChI is InChI=1S/C14H22N6O/c1-14(2)10-11(5-9-21-14)13-15-6-8-20(13)7-3-4-12-16-18-19-17-12/h6,8,11H,3-5,7,9-10H2,1-2H3,(H,16,17,18,19)/t11-/m0/s1. The molecule has 0 saturated carbocycles. The molecule has 3 rings (SSSR count). The van der Waals surface area contributed by atoms with E-state index in [1.54, 1.807) is 0 Å². The van der Waals surface area contributed by atoms with Gasteiger partial charge in [0.1, 0.15) is 5.82 Å². The summed E-state index contributed by atoms with van der Waals surface area (Å²) in [4.78, 5) is 4.58. The molecule has 0 aromatic carbocycles. The third kappa shape index (κ3) is 3.47. The summed E-state index contributed by atoms with van der Waals surface area (Å²) in [5.41, 5.74) is -0.0513. The van der Waals surface area contributed by atoms with Gasteiger partial charge in [-0.15, -0.1) is 10.2 Å². The van der Waals surface area contributed by atoms with Crippen LogP contribution in [0.4, 0.5) is 0 Å². The highest BCUT2D eigenvalue weighted by molar-refractivity contribution is 5.04. The van der Waals surface area contributed by atoms with E-state index in [4.69, 9.17) is 4.74 Å². The SMILES string of the molecule is CC1(C)C[C@@H](c2nccn2CCCc2nn[nH]n2)CCO1.